The number of ether oxygens (including phenoxy) is 1. The zero-order chi connectivity index (χ0) is 22.4. The number of hydrazone groups is 1. The lowest BCUT2D eigenvalue weighted by Gasteiger charge is -2.27. The van der Waals surface area contributed by atoms with Crippen LogP contribution in [0.25, 0.3) is 0 Å². The van der Waals surface area contributed by atoms with Crippen molar-refractivity contribution in [2.24, 2.45) is 5.10 Å². The van der Waals surface area contributed by atoms with E-state index in [9.17, 15) is 9.59 Å². The molecule has 164 valence electrons. The molecule has 0 bridgehead atoms. The molecular weight excluding hydrogens is 392 g/mol. The van der Waals surface area contributed by atoms with Crippen molar-refractivity contribution < 1.29 is 14.3 Å². The van der Waals surface area contributed by atoms with E-state index in [0.29, 0.717) is 17.3 Å². The molecule has 1 aliphatic rings. The zero-order valence-corrected chi connectivity index (χ0v) is 18.6. The van der Waals surface area contributed by atoms with Gasteiger partial charge in [0.2, 0.25) is 0 Å². The van der Waals surface area contributed by atoms with Gasteiger partial charge in [-0.25, -0.2) is 4.79 Å². The number of hydrogen-bond donors (Lipinski definition) is 1. The third kappa shape index (κ3) is 5.84. The molecule has 0 spiro atoms. The quantitative estimate of drug-likeness (QED) is 0.642. The maximum Gasteiger partial charge on any atom is 0.338 e. The number of hydrogen-bond acceptors (Lipinski definition) is 6. The van der Waals surface area contributed by atoms with Gasteiger partial charge in [0, 0.05) is 42.6 Å². The lowest BCUT2D eigenvalue weighted by Crippen LogP contribution is -2.30. The highest BCUT2D eigenvalue weighted by Gasteiger charge is 2.15. The lowest BCUT2D eigenvalue weighted by atomic mass is 10.2. The van der Waals surface area contributed by atoms with Gasteiger partial charge in [-0.05, 0) is 76.2 Å². The maximum atomic E-state index is 12.3. The second kappa shape index (κ2) is 10.1. The summed E-state index contributed by atoms with van der Waals surface area (Å²) in [5.74, 6) is -0.913. The first-order valence-corrected chi connectivity index (χ1v) is 10.6. The molecule has 0 radical (unpaired) electrons. The van der Waals surface area contributed by atoms with E-state index in [0.717, 1.165) is 36.6 Å². The fourth-order valence-corrected chi connectivity index (χ4v) is 3.52. The molecule has 2 aromatic rings. The molecule has 3 rings (SSSR count). The van der Waals surface area contributed by atoms with Gasteiger partial charge in [0.1, 0.15) is 0 Å². The molecule has 2 aromatic carbocycles. The van der Waals surface area contributed by atoms with Crippen LogP contribution in [0.4, 0.5) is 17.1 Å². The van der Waals surface area contributed by atoms with Gasteiger partial charge < -0.3 is 15.0 Å². The van der Waals surface area contributed by atoms with E-state index in [2.05, 4.69) is 36.1 Å². The van der Waals surface area contributed by atoms with Crippen LogP contribution in [0.3, 0.4) is 0 Å². The summed E-state index contributed by atoms with van der Waals surface area (Å²) >= 11 is 0. The van der Waals surface area contributed by atoms with Gasteiger partial charge in [-0.2, -0.15) is 5.10 Å². The van der Waals surface area contributed by atoms with Crippen LogP contribution in [0.1, 0.15) is 44.5 Å². The third-order valence-electron chi connectivity index (χ3n) is 5.16. The number of amides is 1. The van der Waals surface area contributed by atoms with E-state index >= 15 is 0 Å². The zero-order valence-electron chi connectivity index (χ0n) is 18.6. The predicted molar refractivity (Wildman–Crippen MR) is 125 cm³/mol. The monoisotopic (exact) mass is 422 g/mol. The van der Waals surface area contributed by atoms with Crippen molar-refractivity contribution in [1.82, 2.24) is 0 Å². The van der Waals surface area contributed by atoms with Crippen molar-refractivity contribution in [2.75, 3.05) is 34.9 Å². The molecule has 0 aliphatic carbocycles. The fraction of sp³-hybridized carbons (Fsp3) is 0.375. The number of carbonyl (C=O) groups is 2. The Balaban J connectivity index is 1.49. The van der Waals surface area contributed by atoms with Crippen LogP contribution in [0.15, 0.2) is 53.6 Å². The Morgan fingerprint density at radius 3 is 2.35 bits per heavy atom. The number of rotatable bonds is 8. The largest absolute Gasteiger partial charge is 0.452 e. The molecule has 1 aliphatic heterocycles. The molecule has 1 N–H and O–H groups in total. The van der Waals surface area contributed by atoms with Crippen molar-refractivity contribution in [1.29, 1.82) is 0 Å². The predicted octanol–water partition coefficient (Wildman–Crippen LogP) is 4.30. The number of benzene rings is 2. The van der Waals surface area contributed by atoms with Gasteiger partial charge in [0.05, 0.1) is 11.3 Å². The molecule has 0 fully saturated rings. The minimum atomic E-state index is -0.534. The van der Waals surface area contributed by atoms with E-state index in [1.807, 2.05) is 48.3 Å². The first-order chi connectivity index (χ1) is 14.9. The van der Waals surface area contributed by atoms with Crippen LogP contribution >= 0.6 is 0 Å². The first-order valence-electron chi connectivity index (χ1n) is 10.6. The van der Waals surface area contributed by atoms with Crippen molar-refractivity contribution >= 4 is 34.7 Å². The molecule has 0 atom stereocenters. The molecule has 7 heteroatoms. The molecular formula is C24H30N4O3. The van der Waals surface area contributed by atoms with Crippen molar-refractivity contribution in [3.05, 3.63) is 54.1 Å². The number of esters is 1. The number of carbonyl (C=O) groups excluding carboxylic acids is 2. The maximum absolute atomic E-state index is 12.3. The molecule has 1 amide bonds. The summed E-state index contributed by atoms with van der Waals surface area (Å²) in [5.41, 5.74) is 4.17. The highest BCUT2D eigenvalue weighted by molar-refractivity contribution is 5.95. The molecule has 0 unspecified atom stereocenters. The summed E-state index contributed by atoms with van der Waals surface area (Å²) < 4.78 is 5.15. The Kier molecular flexibility index (Phi) is 7.28. The van der Waals surface area contributed by atoms with Crippen LogP contribution in [-0.2, 0) is 9.53 Å². The highest BCUT2D eigenvalue weighted by Crippen LogP contribution is 2.21. The number of anilines is 3. The summed E-state index contributed by atoms with van der Waals surface area (Å²) in [5, 5.41) is 9.10. The van der Waals surface area contributed by atoms with Gasteiger partial charge in [-0.15, -0.1) is 0 Å². The van der Waals surface area contributed by atoms with Crippen LogP contribution < -0.4 is 15.2 Å². The second-order valence-electron chi connectivity index (χ2n) is 7.81. The summed E-state index contributed by atoms with van der Waals surface area (Å²) in [6, 6.07) is 15.1. The topological polar surface area (TPSA) is 74.2 Å². The third-order valence-corrected chi connectivity index (χ3v) is 5.16. The van der Waals surface area contributed by atoms with Crippen LogP contribution in [0, 0.1) is 0 Å². The standard InChI is InChI=1S/C24H30N4O3/c1-5-27(17(2)3)21-12-8-20(9-13-21)25-23(29)16-31-24(30)19-6-10-22(11-7-19)28-15-14-18(4)26-28/h6-13,17H,5,14-16H2,1-4H3,(H,25,29). The Labute approximate surface area is 183 Å². The minimum absolute atomic E-state index is 0.342. The van der Waals surface area contributed by atoms with E-state index in [1.54, 1.807) is 12.1 Å². The summed E-state index contributed by atoms with van der Waals surface area (Å²) in [6.45, 7) is 9.79. The Morgan fingerprint density at radius 2 is 1.81 bits per heavy atom. The Bertz CT molecular complexity index is 936. The van der Waals surface area contributed by atoms with Crippen LogP contribution in [0.5, 0.6) is 0 Å². The molecule has 31 heavy (non-hydrogen) atoms. The Morgan fingerprint density at radius 1 is 1.13 bits per heavy atom. The normalized spacial score (nSPS) is 13.2. The van der Waals surface area contributed by atoms with Gasteiger partial charge in [-0.1, -0.05) is 0 Å². The fourth-order valence-electron chi connectivity index (χ4n) is 3.52. The van der Waals surface area contributed by atoms with Crippen LogP contribution in [0.2, 0.25) is 0 Å². The minimum Gasteiger partial charge on any atom is -0.452 e. The van der Waals surface area contributed by atoms with Gasteiger partial charge in [0.15, 0.2) is 6.61 Å². The molecule has 0 saturated heterocycles. The number of nitrogens with one attached hydrogen (secondary N) is 1. The summed E-state index contributed by atoms with van der Waals surface area (Å²) in [7, 11) is 0. The van der Waals surface area contributed by atoms with Crippen molar-refractivity contribution in [2.45, 2.75) is 40.2 Å². The lowest BCUT2D eigenvalue weighted by molar-refractivity contribution is -0.119. The van der Waals surface area contributed by atoms with E-state index in [1.165, 1.54) is 0 Å². The van der Waals surface area contributed by atoms with Crippen molar-refractivity contribution in [3.63, 3.8) is 0 Å². The van der Waals surface area contributed by atoms with Gasteiger partial charge >= 0.3 is 5.97 Å². The summed E-state index contributed by atoms with van der Waals surface area (Å²) in [6.07, 6.45) is 0.941. The first kappa shape index (κ1) is 22.3. The van der Waals surface area contributed by atoms with Crippen LogP contribution in [-0.4, -0.2) is 43.3 Å². The van der Waals surface area contributed by atoms with Gasteiger partial charge in [0.25, 0.3) is 5.91 Å². The average Bonchev–Trinajstić information content (AvgIpc) is 3.20. The van der Waals surface area contributed by atoms with E-state index < -0.39 is 5.97 Å². The molecule has 1 heterocycles. The van der Waals surface area contributed by atoms with Gasteiger partial charge in [-0.3, -0.25) is 9.80 Å². The molecule has 0 saturated carbocycles. The highest BCUT2D eigenvalue weighted by atomic mass is 16.5. The number of nitrogens with zero attached hydrogens (tertiary/aromatic N) is 3. The SMILES string of the molecule is CCN(c1ccc(NC(=O)COC(=O)c2ccc(N3CCC(C)=N3)cc2)cc1)C(C)C. The van der Waals surface area contributed by atoms with Crippen molar-refractivity contribution in [3.8, 4) is 0 Å². The molecule has 7 nitrogen and oxygen atoms in total. The Hall–Kier alpha value is -3.35. The van der Waals surface area contributed by atoms with E-state index in [-0.39, 0.29) is 12.5 Å². The van der Waals surface area contributed by atoms with E-state index in [4.69, 9.17) is 4.74 Å². The molecule has 0 aromatic heterocycles. The second-order valence-corrected chi connectivity index (χ2v) is 7.81. The average molecular weight is 423 g/mol. The summed E-state index contributed by atoms with van der Waals surface area (Å²) in [4.78, 5) is 26.7. The smallest absolute Gasteiger partial charge is 0.338 e.